The Morgan fingerprint density at radius 1 is 1.46 bits per heavy atom. The van der Waals surface area contributed by atoms with Crippen molar-refractivity contribution in [1.29, 1.82) is 0 Å². The smallest absolute Gasteiger partial charge is 0.542 e. The van der Waals surface area contributed by atoms with Gasteiger partial charge in [0.25, 0.3) is 0 Å². The molecule has 0 amide bonds. The fraction of sp³-hybridized carbons (Fsp3) is 0. The summed E-state index contributed by atoms with van der Waals surface area (Å²) in [4.78, 5) is 9.86. The Hall–Kier alpha value is -0.798. The molecule has 13 heavy (non-hydrogen) atoms. The molecule has 3 nitrogen and oxygen atoms in total. The minimum Gasteiger partial charge on any atom is -0.542 e. The van der Waals surface area contributed by atoms with Gasteiger partial charge >= 0.3 is 26.4 Å². The molecule has 0 radical (unpaired) electrons. The van der Waals surface area contributed by atoms with Crippen LogP contribution in [0.25, 0.3) is 0 Å². The minimum atomic E-state index is -3.67. The van der Waals surface area contributed by atoms with Crippen molar-refractivity contribution in [1.82, 2.24) is 0 Å². The Labute approximate surface area is 84.3 Å². The Morgan fingerprint density at radius 3 is 2.08 bits per heavy atom. The summed E-state index contributed by atoms with van der Waals surface area (Å²) in [5.74, 6) is -1.42. The van der Waals surface area contributed by atoms with Gasteiger partial charge in [-0.15, -0.1) is 0 Å². The van der Waals surface area contributed by atoms with Gasteiger partial charge in [0.05, 0.1) is 6.26 Å². The molecular formula is C5H3BF3LiO3. The summed E-state index contributed by atoms with van der Waals surface area (Å²) in [5, 5.41) is 9.86. The maximum absolute atomic E-state index is 9.86. The van der Waals surface area contributed by atoms with E-state index in [0.717, 1.165) is 0 Å². The maximum atomic E-state index is 9.86. The molecule has 0 fully saturated rings. The van der Waals surface area contributed by atoms with Crippen molar-refractivity contribution in [3.8, 4) is 0 Å². The van der Waals surface area contributed by atoms with Gasteiger partial charge in [-0.2, -0.15) is 0 Å². The van der Waals surface area contributed by atoms with Crippen LogP contribution >= 0.6 is 0 Å². The molecule has 0 unspecified atom stereocenters. The molecule has 0 aromatic carbocycles. The first-order valence-corrected chi connectivity index (χ1v) is 2.71. The second-order valence-corrected chi connectivity index (χ2v) is 1.51. The zero-order chi connectivity index (χ0) is 9.56. The quantitative estimate of drug-likeness (QED) is 0.456. The molecule has 0 N–H and O–H groups in total. The summed E-state index contributed by atoms with van der Waals surface area (Å²) >= 11 is 0. The van der Waals surface area contributed by atoms with Crippen LogP contribution in [-0.4, -0.2) is 13.5 Å². The van der Waals surface area contributed by atoms with Gasteiger partial charge in [0.15, 0.2) is 0 Å². The third-order valence-corrected chi connectivity index (χ3v) is 0.722. The van der Waals surface area contributed by atoms with Crippen LogP contribution in [0.15, 0.2) is 22.8 Å². The van der Waals surface area contributed by atoms with Crippen molar-refractivity contribution in [2.24, 2.45) is 0 Å². The average molecular weight is 186 g/mol. The number of hydrogen-bond donors (Lipinski definition) is 0. The third-order valence-electron chi connectivity index (χ3n) is 0.722. The number of aromatic carboxylic acids is 1. The van der Waals surface area contributed by atoms with Crippen molar-refractivity contribution in [3.63, 3.8) is 0 Å². The van der Waals surface area contributed by atoms with Crippen LogP contribution in [0.4, 0.5) is 12.9 Å². The molecule has 0 saturated carbocycles. The van der Waals surface area contributed by atoms with Gasteiger partial charge in [-0.25, -0.2) is 0 Å². The van der Waals surface area contributed by atoms with E-state index >= 15 is 0 Å². The van der Waals surface area contributed by atoms with Crippen LogP contribution in [0.3, 0.4) is 0 Å². The van der Waals surface area contributed by atoms with Crippen LogP contribution < -0.4 is 24.0 Å². The van der Waals surface area contributed by atoms with E-state index in [1.807, 2.05) is 0 Å². The van der Waals surface area contributed by atoms with Crippen LogP contribution in [0, 0.1) is 0 Å². The zero-order valence-corrected chi connectivity index (χ0v) is 6.67. The van der Waals surface area contributed by atoms with Gasteiger partial charge in [-0.3, -0.25) is 12.9 Å². The molecule has 0 aliphatic heterocycles. The number of furan rings is 1. The van der Waals surface area contributed by atoms with E-state index in [1.165, 1.54) is 18.4 Å². The van der Waals surface area contributed by atoms with E-state index < -0.39 is 13.5 Å². The van der Waals surface area contributed by atoms with Gasteiger partial charge in [0, 0.05) is 0 Å². The molecule has 0 saturated heterocycles. The summed E-state index contributed by atoms with van der Waals surface area (Å²) in [6.07, 6.45) is 1.28. The third kappa shape index (κ3) is 9.11. The number of carbonyl (C=O) groups excluding carboxylic acids is 1. The van der Waals surface area contributed by atoms with Crippen molar-refractivity contribution in [2.45, 2.75) is 0 Å². The van der Waals surface area contributed by atoms with Gasteiger partial charge in [0.2, 0.25) is 0 Å². The Morgan fingerprint density at radius 2 is 1.92 bits per heavy atom. The van der Waals surface area contributed by atoms with E-state index in [2.05, 4.69) is 4.42 Å². The Bertz CT molecular complexity index is 226. The van der Waals surface area contributed by atoms with E-state index in [0.29, 0.717) is 0 Å². The summed E-state index contributed by atoms with van der Waals surface area (Å²) in [6, 6.07) is 2.82. The van der Waals surface area contributed by atoms with E-state index in [1.54, 1.807) is 0 Å². The van der Waals surface area contributed by atoms with Crippen LogP contribution in [0.1, 0.15) is 10.6 Å². The largest absolute Gasteiger partial charge is 1.00 e. The molecule has 1 aromatic rings. The van der Waals surface area contributed by atoms with Crippen LogP contribution in [-0.2, 0) is 0 Å². The molecule has 0 aliphatic carbocycles. The second kappa shape index (κ2) is 7.83. The first-order valence-electron chi connectivity index (χ1n) is 2.71. The average Bonchev–Trinajstić information content (AvgIpc) is 2.34. The second-order valence-electron chi connectivity index (χ2n) is 1.51. The normalized spacial score (nSPS) is 7.62. The predicted molar refractivity (Wildman–Crippen MR) is 32.1 cm³/mol. The van der Waals surface area contributed by atoms with Crippen molar-refractivity contribution < 1.29 is 46.1 Å². The molecule has 8 heteroatoms. The molecular weight excluding hydrogens is 183 g/mol. The number of halogens is 3. The zero-order valence-electron chi connectivity index (χ0n) is 6.67. The number of carboxylic acids is 1. The Kier molecular flexibility index (Phi) is 8.86. The molecule has 0 aliphatic rings. The SMILES string of the molecule is FB(F)F.O=C([O-])c1ccco1.[Li+]. The standard InChI is InChI=1S/C5H4O3.BF3.Li/c6-5(7)4-2-1-3-8-4;2-1(3)4;/h1-3H,(H,6,7);;/q;;+1/p-1. The monoisotopic (exact) mass is 186 g/mol. The minimum absolute atomic E-state index is 0. The number of carboxylic acid groups (broad SMARTS) is 1. The molecule has 66 valence electrons. The van der Waals surface area contributed by atoms with E-state index in [4.69, 9.17) is 0 Å². The maximum Gasteiger partial charge on any atom is 1.00 e. The van der Waals surface area contributed by atoms with Crippen molar-refractivity contribution >= 4 is 13.5 Å². The summed E-state index contributed by atoms with van der Waals surface area (Å²) in [6.45, 7) is 0. The summed E-state index contributed by atoms with van der Waals surface area (Å²) in [5.41, 5.74) is 0. The molecule has 0 bridgehead atoms. The fourth-order valence-corrected chi connectivity index (χ4v) is 0.395. The molecule has 1 aromatic heterocycles. The first-order chi connectivity index (χ1) is 5.54. The van der Waals surface area contributed by atoms with Gasteiger partial charge < -0.3 is 14.3 Å². The number of carbonyl (C=O) groups is 1. The van der Waals surface area contributed by atoms with Gasteiger partial charge in [0.1, 0.15) is 11.7 Å². The Balaban J connectivity index is 0. The molecule has 0 atom stereocenters. The topological polar surface area (TPSA) is 53.3 Å². The van der Waals surface area contributed by atoms with Crippen molar-refractivity contribution in [2.75, 3.05) is 0 Å². The fourth-order valence-electron chi connectivity index (χ4n) is 0.395. The molecule has 1 rings (SSSR count). The molecule has 0 spiro atoms. The van der Waals surface area contributed by atoms with Crippen molar-refractivity contribution in [3.05, 3.63) is 24.2 Å². The first kappa shape index (κ1) is 14.7. The number of hydrogen-bond acceptors (Lipinski definition) is 3. The van der Waals surface area contributed by atoms with E-state index in [9.17, 15) is 22.8 Å². The number of rotatable bonds is 1. The predicted octanol–water partition coefficient (Wildman–Crippen LogP) is -2.47. The summed E-state index contributed by atoms with van der Waals surface area (Å²) < 4.78 is 33.4. The van der Waals surface area contributed by atoms with E-state index in [-0.39, 0.29) is 24.6 Å². The molecule has 1 heterocycles. The van der Waals surface area contributed by atoms with Gasteiger partial charge in [-0.05, 0) is 12.1 Å². The van der Waals surface area contributed by atoms with Gasteiger partial charge in [-0.1, -0.05) is 0 Å². The summed E-state index contributed by atoms with van der Waals surface area (Å²) in [7, 11) is -3.67. The van der Waals surface area contributed by atoms with Crippen LogP contribution in [0.5, 0.6) is 0 Å². The van der Waals surface area contributed by atoms with Crippen LogP contribution in [0.2, 0.25) is 0 Å².